The normalized spacial score (nSPS) is 10.2. The minimum Gasteiger partial charge on any atom is -0.383 e. The van der Waals surface area contributed by atoms with Crippen molar-refractivity contribution in [3.8, 4) is 22.6 Å². The highest BCUT2D eigenvalue weighted by molar-refractivity contribution is 8.00. The number of benzene rings is 1. The van der Waals surface area contributed by atoms with Gasteiger partial charge < -0.3 is 11.1 Å². The van der Waals surface area contributed by atoms with Crippen molar-refractivity contribution in [1.82, 2.24) is 10.3 Å². The zero-order valence-corrected chi connectivity index (χ0v) is 18.1. The molecule has 30 heavy (non-hydrogen) atoms. The van der Waals surface area contributed by atoms with Gasteiger partial charge in [0.25, 0.3) is 0 Å². The molecule has 3 aromatic rings. The fourth-order valence-corrected chi connectivity index (χ4v) is 4.49. The quantitative estimate of drug-likeness (QED) is 0.517. The SMILES string of the molecule is N#Cc1c(N)nc(SCC(=O)NCCc2ccc(Cl)cc2)c(C#N)c1-c1cccs1. The van der Waals surface area contributed by atoms with Crippen LogP contribution in [0.3, 0.4) is 0 Å². The fourth-order valence-electron chi connectivity index (χ4n) is 2.75. The van der Waals surface area contributed by atoms with Crippen molar-refractivity contribution >= 4 is 46.4 Å². The summed E-state index contributed by atoms with van der Waals surface area (Å²) in [5.74, 6) is -0.0526. The van der Waals surface area contributed by atoms with Gasteiger partial charge in [0, 0.05) is 22.0 Å². The van der Waals surface area contributed by atoms with Crippen molar-refractivity contribution in [3.63, 3.8) is 0 Å². The number of carbonyl (C=O) groups excluding carboxylic acids is 1. The lowest BCUT2D eigenvalue weighted by Gasteiger charge is -2.11. The molecule has 9 heteroatoms. The van der Waals surface area contributed by atoms with Gasteiger partial charge in [-0.15, -0.1) is 11.3 Å². The largest absolute Gasteiger partial charge is 0.383 e. The van der Waals surface area contributed by atoms with Gasteiger partial charge in [0.1, 0.15) is 28.5 Å². The minimum atomic E-state index is -0.180. The topological polar surface area (TPSA) is 116 Å². The van der Waals surface area contributed by atoms with E-state index in [4.69, 9.17) is 17.3 Å². The molecule has 6 nitrogen and oxygen atoms in total. The molecule has 3 N–H and O–H groups in total. The molecule has 0 aliphatic carbocycles. The molecule has 0 spiro atoms. The first-order chi connectivity index (χ1) is 14.5. The third kappa shape index (κ3) is 5.11. The van der Waals surface area contributed by atoms with Gasteiger partial charge in [0.15, 0.2) is 0 Å². The van der Waals surface area contributed by atoms with Gasteiger partial charge in [-0.3, -0.25) is 4.79 Å². The first-order valence-electron chi connectivity index (χ1n) is 8.85. The summed E-state index contributed by atoms with van der Waals surface area (Å²) >= 11 is 8.40. The van der Waals surface area contributed by atoms with Gasteiger partial charge in [-0.05, 0) is 35.6 Å². The number of nitrogens with two attached hydrogens (primary N) is 1. The van der Waals surface area contributed by atoms with E-state index < -0.39 is 0 Å². The summed E-state index contributed by atoms with van der Waals surface area (Å²) < 4.78 is 0. The fraction of sp³-hybridized carbons (Fsp3) is 0.143. The number of amides is 1. The minimum absolute atomic E-state index is 0.0468. The van der Waals surface area contributed by atoms with Crippen molar-refractivity contribution in [2.24, 2.45) is 0 Å². The Morgan fingerprint density at radius 2 is 1.93 bits per heavy atom. The standard InChI is InChI=1S/C21H16ClN5OS2/c22-14-5-3-13(4-6-14)7-8-26-18(28)12-30-21-16(11-24)19(17-2-1-9-29-17)15(10-23)20(25)27-21/h1-6,9H,7-8,12H2,(H2,25,27)(H,26,28). The Labute approximate surface area is 187 Å². The maximum absolute atomic E-state index is 12.2. The number of carbonyl (C=O) groups is 1. The van der Waals surface area contributed by atoms with E-state index in [2.05, 4.69) is 16.4 Å². The van der Waals surface area contributed by atoms with Gasteiger partial charge in [0.2, 0.25) is 5.91 Å². The lowest BCUT2D eigenvalue weighted by molar-refractivity contribution is -0.118. The number of anilines is 1. The second-order valence-electron chi connectivity index (χ2n) is 6.14. The zero-order chi connectivity index (χ0) is 21.5. The number of nitrogens with one attached hydrogen (secondary N) is 1. The highest BCUT2D eigenvalue weighted by Gasteiger charge is 2.21. The Balaban J connectivity index is 1.69. The molecular weight excluding hydrogens is 438 g/mol. The molecule has 0 aliphatic rings. The average molecular weight is 454 g/mol. The van der Waals surface area contributed by atoms with Crippen LogP contribution in [-0.4, -0.2) is 23.2 Å². The van der Waals surface area contributed by atoms with Crippen molar-refractivity contribution in [1.29, 1.82) is 10.5 Å². The van der Waals surface area contributed by atoms with Crippen LogP contribution in [0, 0.1) is 22.7 Å². The summed E-state index contributed by atoms with van der Waals surface area (Å²) in [5.41, 5.74) is 7.92. The van der Waals surface area contributed by atoms with Crippen molar-refractivity contribution in [2.45, 2.75) is 11.4 Å². The molecule has 2 heterocycles. The smallest absolute Gasteiger partial charge is 0.230 e. The van der Waals surface area contributed by atoms with Gasteiger partial charge in [-0.2, -0.15) is 10.5 Å². The van der Waals surface area contributed by atoms with Crippen LogP contribution in [0.15, 0.2) is 46.8 Å². The van der Waals surface area contributed by atoms with E-state index in [0.29, 0.717) is 28.6 Å². The summed E-state index contributed by atoms with van der Waals surface area (Å²) in [6, 6.07) is 15.3. The van der Waals surface area contributed by atoms with Crippen LogP contribution < -0.4 is 11.1 Å². The molecule has 0 aliphatic heterocycles. The maximum Gasteiger partial charge on any atom is 0.230 e. The van der Waals surface area contributed by atoms with Crippen molar-refractivity contribution in [3.05, 3.63) is 63.5 Å². The Morgan fingerprint density at radius 1 is 1.20 bits per heavy atom. The number of thiophene rings is 1. The molecule has 0 bridgehead atoms. The Hall–Kier alpha value is -3.04. The summed E-state index contributed by atoms with van der Waals surface area (Å²) in [6.07, 6.45) is 0.682. The molecule has 0 radical (unpaired) electrons. The van der Waals surface area contributed by atoms with Gasteiger partial charge >= 0.3 is 0 Å². The summed E-state index contributed by atoms with van der Waals surface area (Å²) in [6.45, 7) is 0.482. The Kier molecular flexibility index (Phi) is 7.31. The van der Waals surface area contributed by atoms with Crippen LogP contribution in [0.4, 0.5) is 5.82 Å². The second-order valence-corrected chi connectivity index (χ2v) is 8.49. The summed E-state index contributed by atoms with van der Waals surface area (Å²) in [5, 5.41) is 24.9. The van der Waals surface area contributed by atoms with Gasteiger partial charge in [0.05, 0.1) is 11.3 Å². The molecule has 3 rings (SSSR count). The van der Waals surface area contributed by atoms with E-state index in [0.717, 1.165) is 22.2 Å². The number of nitrogen functional groups attached to an aromatic ring is 1. The van der Waals surface area contributed by atoms with Crippen LogP contribution >= 0.6 is 34.7 Å². The number of rotatable bonds is 7. The van der Waals surface area contributed by atoms with Gasteiger partial charge in [-0.25, -0.2) is 4.98 Å². The number of thioether (sulfide) groups is 1. The number of hydrogen-bond donors (Lipinski definition) is 2. The van der Waals surface area contributed by atoms with E-state index >= 15 is 0 Å². The monoisotopic (exact) mass is 453 g/mol. The average Bonchev–Trinajstić information content (AvgIpc) is 3.27. The predicted octanol–water partition coefficient (Wildman–Crippen LogP) is 4.24. The predicted molar refractivity (Wildman–Crippen MR) is 120 cm³/mol. The number of aromatic nitrogens is 1. The zero-order valence-electron chi connectivity index (χ0n) is 15.7. The molecular formula is C21H16ClN5OS2. The lowest BCUT2D eigenvalue weighted by Crippen LogP contribution is -2.27. The van der Waals surface area contributed by atoms with Crippen LogP contribution in [0.2, 0.25) is 5.02 Å². The van der Waals surface area contributed by atoms with Crippen LogP contribution in [0.5, 0.6) is 0 Å². The van der Waals surface area contributed by atoms with E-state index in [1.807, 2.05) is 47.8 Å². The van der Waals surface area contributed by atoms with Crippen LogP contribution in [0.1, 0.15) is 16.7 Å². The molecule has 1 amide bonds. The van der Waals surface area contributed by atoms with Gasteiger partial charge in [-0.1, -0.05) is 41.6 Å². The van der Waals surface area contributed by atoms with Crippen molar-refractivity contribution in [2.75, 3.05) is 18.0 Å². The third-order valence-electron chi connectivity index (χ3n) is 4.17. The lowest BCUT2D eigenvalue weighted by atomic mass is 10.0. The molecule has 0 saturated carbocycles. The number of hydrogen-bond acceptors (Lipinski definition) is 7. The number of pyridine rings is 1. The molecule has 0 fully saturated rings. The molecule has 0 atom stereocenters. The van der Waals surface area contributed by atoms with Crippen LogP contribution in [0.25, 0.3) is 10.4 Å². The molecule has 2 aromatic heterocycles. The Morgan fingerprint density at radius 3 is 2.57 bits per heavy atom. The van der Waals surface area contributed by atoms with E-state index in [1.165, 1.54) is 11.3 Å². The number of nitrogens with zero attached hydrogens (tertiary/aromatic N) is 3. The first kappa shape index (κ1) is 21.7. The van der Waals surface area contributed by atoms with E-state index in [1.54, 1.807) is 0 Å². The van der Waals surface area contributed by atoms with Crippen molar-refractivity contribution < 1.29 is 4.79 Å². The molecule has 150 valence electrons. The molecule has 1 aromatic carbocycles. The third-order valence-corrected chi connectivity index (χ3v) is 6.29. The summed E-state index contributed by atoms with van der Waals surface area (Å²) in [4.78, 5) is 17.2. The number of nitriles is 2. The molecule has 0 saturated heterocycles. The molecule has 0 unspecified atom stereocenters. The highest BCUT2D eigenvalue weighted by atomic mass is 35.5. The Bertz CT molecular complexity index is 1130. The van der Waals surface area contributed by atoms with Crippen LogP contribution in [-0.2, 0) is 11.2 Å². The number of halogens is 1. The van der Waals surface area contributed by atoms with E-state index in [9.17, 15) is 15.3 Å². The maximum atomic E-state index is 12.2. The second kappa shape index (κ2) is 10.1. The summed E-state index contributed by atoms with van der Waals surface area (Å²) in [7, 11) is 0. The highest BCUT2D eigenvalue weighted by Crippen LogP contribution is 2.37. The first-order valence-corrected chi connectivity index (χ1v) is 11.1. The van der Waals surface area contributed by atoms with E-state index in [-0.39, 0.29) is 28.6 Å².